The number of aryl methyl sites for hydroxylation is 1. The molecule has 0 amide bonds. The maximum Gasteiger partial charge on any atom is 0.373 e. The van der Waals surface area contributed by atoms with Crippen LogP contribution in [0.1, 0.15) is 31.1 Å². The van der Waals surface area contributed by atoms with E-state index >= 15 is 0 Å². The van der Waals surface area contributed by atoms with E-state index in [1.807, 2.05) is 12.4 Å². The Kier molecular flexibility index (Phi) is 9.47. The van der Waals surface area contributed by atoms with Crippen molar-refractivity contribution in [1.29, 1.82) is 0 Å². The van der Waals surface area contributed by atoms with Crippen molar-refractivity contribution in [2.75, 3.05) is 16.3 Å². The molecule has 3 aromatic rings. The van der Waals surface area contributed by atoms with Gasteiger partial charge in [-0.15, -0.1) is 0 Å². The number of para-hydroxylation sites is 1. The molecular formula is C26H25N3O4. The molecule has 0 fully saturated rings. The van der Waals surface area contributed by atoms with E-state index in [9.17, 15) is 0 Å². The maximum atomic E-state index is 8.12. The van der Waals surface area contributed by atoms with Crippen molar-refractivity contribution in [1.82, 2.24) is 4.98 Å². The second kappa shape index (κ2) is 12.5. The van der Waals surface area contributed by atoms with E-state index in [1.54, 1.807) is 0 Å². The lowest BCUT2D eigenvalue weighted by atomic mass is 10.0. The van der Waals surface area contributed by atoms with Crippen molar-refractivity contribution < 1.29 is 19.2 Å². The van der Waals surface area contributed by atoms with E-state index in [1.165, 1.54) is 33.8 Å². The molecule has 1 aromatic heterocycles. The van der Waals surface area contributed by atoms with E-state index in [4.69, 9.17) is 19.2 Å². The van der Waals surface area contributed by atoms with Gasteiger partial charge in [-0.3, -0.25) is 4.98 Å². The molecule has 7 heteroatoms. The normalized spacial score (nSPS) is 14.7. The Balaban J connectivity index is 0.000000582. The molecule has 1 atom stereocenters. The Morgan fingerprint density at radius 1 is 0.758 bits per heavy atom. The highest BCUT2D eigenvalue weighted by atomic mass is 16.2. The van der Waals surface area contributed by atoms with Gasteiger partial charge in [0.1, 0.15) is 6.17 Å². The molecule has 0 spiro atoms. The SMILES string of the molecule is CC1=C(C)N(c2ccc(C)cc2)C(c2ccncc2)N(c2ccccc2)C1.O=C=O.O=C=O. The average Bonchev–Trinajstić information content (AvgIpc) is 2.83. The number of aromatic nitrogens is 1. The zero-order valence-electron chi connectivity index (χ0n) is 18.8. The summed E-state index contributed by atoms with van der Waals surface area (Å²) in [6, 6.07) is 23.7. The minimum Gasteiger partial charge on any atom is -0.343 e. The lowest BCUT2D eigenvalue weighted by Gasteiger charge is -2.47. The molecule has 168 valence electrons. The van der Waals surface area contributed by atoms with Gasteiger partial charge in [0.25, 0.3) is 0 Å². The van der Waals surface area contributed by atoms with Crippen LogP contribution in [0.15, 0.2) is 90.4 Å². The first-order valence-corrected chi connectivity index (χ1v) is 10.2. The summed E-state index contributed by atoms with van der Waals surface area (Å²) in [6.07, 6.45) is 4.35. The van der Waals surface area contributed by atoms with E-state index in [2.05, 4.69) is 102 Å². The molecule has 4 rings (SSSR count). The standard InChI is InChI=1S/C24H25N3.2CO2/c1-18-9-11-23(12-10-18)27-20(3)19(2)17-26(22-7-5-4-6-8-22)24(27)21-13-15-25-16-14-21;2*2-1-3/h4-16,24H,17H2,1-3H3;;. The number of allylic oxidation sites excluding steroid dienone is 1. The van der Waals surface area contributed by atoms with Crippen molar-refractivity contribution in [2.45, 2.75) is 26.9 Å². The quantitative estimate of drug-likeness (QED) is 0.587. The number of pyridine rings is 1. The summed E-state index contributed by atoms with van der Waals surface area (Å²) in [6.45, 7) is 7.50. The van der Waals surface area contributed by atoms with Gasteiger partial charge in [-0.25, -0.2) is 0 Å². The predicted molar refractivity (Wildman–Crippen MR) is 123 cm³/mol. The van der Waals surface area contributed by atoms with Crippen LogP contribution in [-0.4, -0.2) is 23.8 Å². The molecule has 2 aromatic carbocycles. The third-order valence-corrected chi connectivity index (χ3v) is 5.33. The smallest absolute Gasteiger partial charge is 0.343 e. The molecular weight excluding hydrogens is 418 g/mol. The first-order valence-electron chi connectivity index (χ1n) is 10.2. The molecule has 0 saturated heterocycles. The Morgan fingerprint density at radius 3 is 1.85 bits per heavy atom. The second-order valence-corrected chi connectivity index (χ2v) is 7.36. The van der Waals surface area contributed by atoms with Crippen LogP contribution in [0.5, 0.6) is 0 Å². The van der Waals surface area contributed by atoms with Crippen LogP contribution in [0.25, 0.3) is 0 Å². The van der Waals surface area contributed by atoms with E-state index in [0.717, 1.165) is 6.54 Å². The lowest BCUT2D eigenvalue weighted by molar-refractivity contribution is -0.193. The Hall–Kier alpha value is -4.31. The number of hydrogen-bond acceptors (Lipinski definition) is 7. The van der Waals surface area contributed by atoms with Gasteiger partial charge in [-0.05, 0) is 68.3 Å². The number of carbonyl (C=O) groups excluding carboxylic acids is 4. The van der Waals surface area contributed by atoms with Crippen molar-refractivity contribution in [3.05, 3.63) is 102 Å². The minimum absolute atomic E-state index is 0.0850. The molecule has 0 bridgehead atoms. The summed E-state index contributed by atoms with van der Waals surface area (Å²) in [5.74, 6) is 0. The Labute approximate surface area is 193 Å². The van der Waals surface area contributed by atoms with E-state index in [-0.39, 0.29) is 18.5 Å². The third kappa shape index (κ3) is 6.34. The predicted octanol–water partition coefficient (Wildman–Crippen LogP) is 4.54. The molecule has 0 aliphatic carbocycles. The van der Waals surface area contributed by atoms with Gasteiger partial charge in [0.05, 0.1) is 0 Å². The van der Waals surface area contributed by atoms with Crippen molar-refractivity contribution in [3.8, 4) is 0 Å². The zero-order valence-corrected chi connectivity index (χ0v) is 18.8. The highest BCUT2D eigenvalue weighted by Gasteiger charge is 2.33. The summed E-state index contributed by atoms with van der Waals surface area (Å²) in [4.78, 5) is 41.6. The average molecular weight is 444 g/mol. The number of benzene rings is 2. The van der Waals surface area contributed by atoms with Gasteiger partial charge in [-0.1, -0.05) is 35.9 Å². The number of rotatable bonds is 3. The summed E-state index contributed by atoms with van der Waals surface area (Å²) in [5, 5.41) is 0. The van der Waals surface area contributed by atoms with Crippen LogP contribution in [0.3, 0.4) is 0 Å². The van der Waals surface area contributed by atoms with Crippen LogP contribution < -0.4 is 9.80 Å². The van der Waals surface area contributed by atoms with Crippen molar-refractivity contribution in [2.24, 2.45) is 0 Å². The summed E-state index contributed by atoms with van der Waals surface area (Å²) in [7, 11) is 0. The zero-order chi connectivity index (χ0) is 24.2. The first kappa shape index (κ1) is 25.0. The molecule has 1 unspecified atom stereocenters. The van der Waals surface area contributed by atoms with Crippen molar-refractivity contribution >= 4 is 23.7 Å². The van der Waals surface area contributed by atoms with Crippen LogP contribution >= 0.6 is 0 Å². The lowest BCUT2D eigenvalue weighted by Crippen LogP contribution is -2.46. The monoisotopic (exact) mass is 443 g/mol. The van der Waals surface area contributed by atoms with Gasteiger partial charge in [0.15, 0.2) is 0 Å². The third-order valence-electron chi connectivity index (χ3n) is 5.33. The highest BCUT2D eigenvalue weighted by Crippen LogP contribution is 2.40. The minimum atomic E-state index is 0.0850. The van der Waals surface area contributed by atoms with Crippen LogP contribution in [0, 0.1) is 6.92 Å². The number of anilines is 2. The largest absolute Gasteiger partial charge is 0.373 e. The van der Waals surface area contributed by atoms with Gasteiger partial charge in [0, 0.05) is 36.0 Å². The fraction of sp³-hybridized carbons (Fsp3) is 0.192. The molecule has 7 nitrogen and oxygen atoms in total. The highest BCUT2D eigenvalue weighted by molar-refractivity contribution is 5.63. The van der Waals surface area contributed by atoms with Gasteiger partial charge in [0.2, 0.25) is 0 Å². The van der Waals surface area contributed by atoms with E-state index in [0.29, 0.717) is 0 Å². The van der Waals surface area contributed by atoms with Gasteiger partial charge < -0.3 is 9.80 Å². The second-order valence-electron chi connectivity index (χ2n) is 7.36. The molecule has 0 N–H and O–H groups in total. The van der Waals surface area contributed by atoms with Crippen LogP contribution in [0.2, 0.25) is 0 Å². The van der Waals surface area contributed by atoms with Crippen LogP contribution in [0.4, 0.5) is 11.4 Å². The Bertz CT molecular complexity index is 1110. The summed E-state index contributed by atoms with van der Waals surface area (Å²) >= 11 is 0. The molecule has 2 heterocycles. The van der Waals surface area contributed by atoms with E-state index < -0.39 is 0 Å². The number of hydrogen-bond donors (Lipinski definition) is 0. The fourth-order valence-electron chi connectivity index (χ4n) is 3.74. The van der Waals surface area contributed by atoms with Crippen LogP contribution in [-0.2, 0) is 19.2 Å². The van der Waals surface area contributed by atoms with Crippen molar-refractivity contribution in [3.63, 3.8) is 0 Å². The molecule has 1 aliphatic heterocycles. The van der Waals surface area contributed by atoms with Gasteiger partial charge >= 0.3 is 12.3 Å². The summed E-state index contributed by atoms with van der Waals surface area (Å²) < 4.78 is 0. The summed E-state index contributed by atoms with van der Waals surface area (Å²) in [5.41, 5.74) is 7.64. The molecule has 0 saturated carbocycles. The number of nitrogens with zero attached hydrogens (tertiary/aromatic N) is 3. The first-order chi connectivity index (χ1) is 16.0. The molecule has 1 aliphatic rings. The topological polar surface area (TPSA) is 87.7 Å². The van der Waals surface area contributed by atoms with Gasteiger partial charge in [-0.2, -0.15) is 19.2 Å². The Morgan fingerprint density at radius 2 is 1.30 bits per heavy atom. The maximum absolute atomic E-state index is 8.12. The fourth-order valence-corrected chi connectivity index (χ4v) is 3.74. The molecule has 0 radical (unpaired) electrons. The molecule has 33 heavy (non-hydrogen) atoms.